The molecule has 0 aliphatic carbocycles. The van der Waals surface area contributed by atoms with E-state index in [4.69, 9.17) is 14.6 Å². The van der Waals surface area contributed by atoms with Crippen molar-refractivity contribution in [1.29, 1.82) is 0 Å². The monoisotopic (exact) mass is 324 g/mol. The Labute approximate surface area is 133 Å². The van der Waals surface area contributed by atoms with Gasteiger partial charge < -0.3 is 19.9 Å². The van der Waals surface area contributed by atoms with Gasteiger partial charge in [-0.3, -0.25) is 9.59 Å². The van der Waals surface area contributed by atoms with Gasteiger partial charge in [-0.1, -0.05) is 19.8 Å². The SMILES string of the molecule is CCCCCOC(=O)c1cnc(C(=O)NCC(=O)O)c(OC)c1. The molecule has 2 N–H and O–H groups in total. The van der Waals surface area contributed by atoms with E-state index in [2.05, 4.69) is 10.3 Å². The van der Waals surface area contributed by atoms with Gasteiger partial charge in [0.25, 0.3) is 5.91 Å². The van der Waals surface area contributed by atoms with E-state index in [-0.39, 0.29) is 17.0 Å². The minimum atomic E-state index is -1.18. The van der Waals surface area contributed by atoms with E-state index in [1.165, 1.54) is 19.4 Å². The number of carboxylic acids is 1. The number of esters is 1. The van der Waals surface area contributed by atoms with Gasteiger partial charge in [0.1, 0.15) is 6.54 Å². The van der Waals surface area contributed by atoms with Crippen LogP contribution in [0.4, 0.5) is 0 Å². The van der Waals surface area contributed by atoms with Crippen molar-refractivity contribution in [2.75, 3.05) is 20.3 Å². The Morgan fingerprint density at radius 2 is 2.04 bits per heavy atom. The van der Waals surface area contributed by atoms with Crippen molar-refractivity contribution in [2.24, 2.45) is 0 Å². The number of aliphatic carboxylic acids is 1. The number of hydrogen-bond acceptors (Lipinski definition) is 6. The molecule has 1 aromatic rings. The summed E-state index contributed by atoms with van der Waals surface area (Å²) in [6.07, 6.45) is 3.97. The Kier molecular flexibility index (Phi) is 7.52. The number of carboxylic acid groups (broad SMARTS) is 1. The van der Waals surface area contributed by atoms with E-state index < -0.39 is 24.4 Å². The predicted molar refractivity (Wildman–Crippen MR) is 80.6 cm³/mol. The molecule has 0 atom stereocenters. The first kappa shape index (κ1) is 18.4. The van der Waals surface area contributed by atoms with E-state index in [0.29, 0.717) is 6.61 Å². The zero-order chi connectivity index (χ0) is 17.2. The molecular formula is C15H20N2O6. The average Bonchev–Trinajstić information content (AvgIpc) is 2.55. The number of methoxy groups -OCH3 is 1. The van der Waals surface area contributed by atoms with Crippen LogP contribution < -0.4 is 10.1 Å². The Bertz CT molecular complexity index is 573. The fraction of sp³-hybridized carbons (Fsp3) is 0.467. The Hall–Kier alpha value is -2.64. The highest BCUT2D eigenvalue weighted by molar-refractivity contribution is 5.98. The van der Waals surface area contributed by atoms with Gasteiger partial charge in [-0.15, -0.1) is 0 Å². The van der Waals surface area contributed by atoms with E-state index in [1.54, 1.807) is 0 Å². The summed E-state index contributed by atoms with van der Waals surface area (Å²) < 4.78 is 10.1. The van der Waals surface area contributed by atoms with Crippen molar-refractivity contribution in [1.82, 2.24) is 10.3 Å². The number of carbonyl (C=O) groups excluding carboxylic acids is 2. The standard InChI is InChI=1S/C15H20N2O6/c1-3-4-5-6-23-15(21)10-7-11(22-2)13(16-8-10)14(20)17-9-12(18)19/h7-8H,3-6,9H2,1-2H3,(H,17,20)(H,18,19). The van der Waals surface area contributed by atoms with Gasteiger partial charge in [0.05, 0.1) is 19.3 Å². The number of aromatic nitrogens is 1. The van der Waals surface area contributed by atoms with Crippen molar-refractivity contribution in [2.45, 2.75) is 26.2 Å². The molecule has 0 saturated carbocycles. The third-order valence-corrected chi connectivity index (χ3v) is 2.90. The van der Waals surface area contributed by atoms with Crippen LogP contribution in [0.5, 0.6) is 5.75 Å². The lowest BCUT2D eigenvalue weighted by atomic mass is 10.2. The molecule has 0 fully saturated rings. The second-order valence-electron chi connectivity index (χ2n) is 4.69. The van der Waals surface area contributed by atoms with Crippen LogP contribution in [0.2, 0.25) is 0 Å². The molecule has 1 amide bonds. The number of unbranched alkanes of at least 4 members (excludes halogenated alkanes) is 2. The van der Waals surface area contributed by atoms with E-state index >= 15 is 0 Å². The number of rotatable bonds is 9. The van der Waals surface area contributed by atoms with Crippen molar-refractivity contribution in [3.05, 3.63) is 23.5 Å². The van der Waals surface area contributed by atoms with Crippen LogP contribution >= 0.6 is 0 Å². The normalized spacial score (nSPS) is 10.0. The Morgan fingerprint density at radius 3 is 2.65 bits per heavy atom. The van der Waals surface area contributed by atoms with Crippen LogP contribution in [0.1, 0.15) is 47.0 Å². The Morgan fingerprint density at radius 1 is 1.30 bits per heavy atom. The molecule has 8 nitrogen and oxygen atoms in total. The fourth-order valence-corrected chi connectivity index (χ4v) is 1.72. The maximum absolute atomic E-state index is 11.9. The van der Waals surface area contributed by atoms with Gasteiger partial charge in [-0.2, -0.15) is 0 Å². The van der Waals surface area contributed by atoms with Gasteiger partial charge in [0.15, 0.2) is 11.4 Å². The number of nitrogens with one attached hydrogen (secondary N) is 1. The zero-order valence-corrected chi connectivity index (χ0v) is 13.1. The Balaban J connectivity index is 2.77. The van der Waals surface area contributed by atoms with E-state index in [0.717, 1.165) is 19.3 Å². The van der Waals surface area contributed by atoms with Crippen molar-refractivity contribution in [3.8, 4) is 5.75 Å². The maximum atomic E-state index is 11.9. The van der Waals surface area contributed by atoms with Gasteiger partial charge in [-0.05, 0) is 12.5 Å². The third kappa shape index (κ3) is 5.93. The van der Waals surface area contributed by atoms with Crippen molar-refractivity contribution >= 4 is 17.8 Å². The number of carbonyl (C=O) groups is 3. The summed E-state index contributed by atoms with van der Waals surface area (Å²) in [6, 6.07) is 1.34. The summed E-state index contributed by atoms with van der Waals surface area (Å²) in [5.41, 5.74) is 0.0596. The molecule has 0 aliphatic heterocycles. The smallest absolute Gasteiger partial charge is 0.339 e. The fourth-order valence-electron chi connectivity index (χ4n) is 1.72. The molecule has 0 radical (unpaired) electrons. The first-order valence-electron chi connectivity index (χ1n) is 7.20. The highest BCUT2D eigenvalue weighted by Gasteiger charge is 2.18. The molecular weight excluding hydrogens is 304 g/mol. The molecule has 1 aromatic heterocycles. The highest BCUT2D eigenvalue weighted by atomic mass is 16.5. The molecule has 0 aromatic carbocycles. The third-order valence-electron chi connectivity index (χ3n) is 2.90. The van der Waals surface area contributed by atoms with Crippen LogP contribution in [-0.4, -0.2) is 48.2 Å². The maximum Gasteiger partial charge on any atom is 0.339 e. The second kappa shape index (κ2) is 9.39. The van der Waals surface area contributed by atoms with Gasteiger partial charge in [0.2, 0.25) is 0 Å². The molecule has 23 heavy (non-hydrogen) atoms. The lowest BCUT2D eigenvalue weighted by Crippen LogP contribution is -2.30. The lowest BCUT2D eigenvalue weighted by Gasteiger charge is -2.09. The number of hydrogen-bond donors (Lipinski definition) is 2. The van der Waals surface area contributed by atoms with Crippen LogP contribution in [0, 0.1) is 0 Å². The summed E-state index contributed by atoms with van der Waals surface area (Å²) in [6.45, 7) is 1.82. The minimum absolute atomic E-state index is 0.0656. The van der Waals surface area contributed by atoms with Crippen molar-refractivity contribution < 1.29 is 29.0 Å². The van der Waals surface area contributed by atoms with E-state index in [9.17, 15) is 14.4 Å². The number of pyridine rings is 1. The number of nitrogens with zero attached hydrogens (tertiary/aromatic N) is 1. The molecule has 126 valence electrons. The minimum Gasteiger partial charge on any atom is -0.494 e. The molecule has 0 bridgehead atoms. The second-order valence-corrected chi connectivity index (χ2v) is 4.69. The quantitative estimate of drug-likeness (QED) is 0.519. The molecule has 0 spiro atoms. The first-order chi connectivity index (χ1) is 11.0. The molecule has 1 rings (SSSR count). The predicted octanol–water partition coefficient (Wildman–Crippen LogP) is 1.25. The molecule has 0 saturated heterocycles. The van der Waals surface area contributed by atoms with Crippen LogP contribution in [0.3, 0.4) is 0 Å². The average molecular weight is 324 g/mol. The summed E-state index contributed by atoms with van der Waals surface area (Å²) in [5.74, 6) is -2.36. The van der Waals surface area contributed by atoms with E-state index in [1.807, 2.05) is 6.92 Å². The van der Waals surface area contributed by atoms with Gasteiger partial charge in [-0.25, -0.2) is 9.78 Å². The van der Waals surface area contributed by atoms with Crippen LogP contribution in [-0.2, 0) is 9.53 Å². The molecule has 0 unspecified atom stereocenters. The van der Waals surface area contributed by atoms with Crippen LogP contribution in [0.25, 0.3) is 0 Å². The first-order valence-corrected chi connectivity index (χ1v) is 7.20. The largest absolute Gasteiger partial charge is 0.494 e. The number of ether oxygens (including phenoxy) is 2. The highest BCUT2D eigenvalue weighted by Crippen LogP contribution is 2.18. The molecule has 0 aliphatic rings. The molecule has 8 heteroatoms. The van der Waals surface area contributed by atoms with Crippen molar-refractivity contribution in [3.63, 3.8) is 0 Å². The zero-order valence-electron chi connectivity index (χ0n) is 13.1. The number of amides is 1. The van der Waals surface area contributed by atoms with Crippen LogP contribution in [0.15, 0.2) is 12.3 Å². The summed E-state index contributed by atoms with van der Waals surface area (Å²) in [4.78, 5) is 38.0. The van der Waals surface area contributed by atoms with Gasteiger partial charge in [0, 0.05) is 6.20 Å². The summed E-state index contributed by atoms with van der Waals surface area (Å²) in [7, 11) is 1.32. The molecule has 1 heterocycles. The van der Waals surface area contributed by atoms with Gasteiger partial charge >= 0.3 is 11.9 Å². The topological polar surface area (TPSA) is 115 Å². The lowest BCUT2D eigenvalue weighted by molar-refractivity contribution is -0.135. The summed E-state index contributed by atoms with van der Waals surface area (Å²) in [5, 5.41) is 10.7. The summed E-state index contributed by atoms with van der Waals surface area (Å²) >= 11 is 0.